The third-order valence-electron chi connectivity index (χ3n) is 3.77. The van der Waals surface area contributed by atoms with Crippen LogP contribution in [0.2, 0.25) is 0 Å². The summed E-state index contributed by atoms with van der Waals surface area (Å²) in [6, 6.07) is 9.32. The van der Waals surface area contributed by atoms with Crippen molar-refractivity contribution >= 4 is 0 Å². The first kappa shape index (κ1) is 17.2. The van der Waals surface area contributed by atoms with E-state index in [1.54, 1.807) is 0 Å². The molecule has 3 heteroatoms. The molecule has 1 rings (SSSR count). The van der Waals surface area contributed by atoms with Crippen LogP contribution in [0.1, 0.15) is 30.0 Å². The summed E-state index contributed by atoms with van der Waals surface area (Å²) < 4.78 is 0. The van der Waals surface area contributed by atoms with Crippen molar-refractivity contribution in [2.24, 2.45) is 0 Å². The largest absolute Gasteiger partial charge is 0.313 e. The molecule has 0 aliphatic rings. The Hall–Kier alpha value is -0.900. The van der Waals surface area contributed by atoms with Crippen LogP contribution in [-0.4, -0.2) is 57.6 Å². The van der Waals surface area contributed by atoms with Gasteiger partial charge < -0.3 is 15.1 Å². The predicted octanol–water partition coefficient (Wildman–Crippen LogP) is 2.53. The molecule has 0 spiro atoms. The van der Waals surface area contributed by atoms with Gasteiger partial charge in [-0.05, 0) is 73.2 Å². The van der Waals surface area contributed by atoms with Gasteiger partial charge in [0.15, 0.2) is 0 Å². The molecular weight excluding hydrogens is 246 g/mol. The Morgan fingerprint density at radius 1 is 1.00 bits per heavy atom. The minimum atomic E-state index is 0.451. The van der Waals surface area contributed by atoms with Crippen LogP contribution in [0.15, 0.2) is 24.3 Å². The molecule has 0 saturated carbocycles. The predicted molar refractivity (Wildman–Crippen MR) is 88.3 cm³/mol. The molecule has 0 amide bonds. The zero-order valence-electron chi connectivity index (χ0n) is 13.8. The Morgan fingerprint density at radius 3 is 2.20 bits per heavy atom. The average Bonchev–Trinajstić information content (AvgIpc) is 2.41. The quantitative estimate of drug-likeness (QED) is 0.748. The van der Waals surface area contributed by atoms with Crippen LogP contribution in [0.3, 0.4) is 0 Å². The van der Waals surface area contributed by atoms with Crippen LogP contribution in [-0.2, 0) is 0 Å². The molecule has 0 heterocycles. The van der Waals surface area contributed by atoms with E-state index in [2.05, 4.69) is 74.5 Å². The molecule has 3 nitrogen and oxygen atoms in total. The third kappa shape index (κ3) is 6.51. The maximum absolute atomic E-state index is 3.43. The maximum Gasteiger partial charge on any atom is 0.0329 e. The molecular formula is C17H31N3. The first-order valence-corrected chi connectivity index (χ1v) is 7.60. The molecule has 0 saturated heterocycles. The Balaban J connectivity index is 2.35. The summed E-state index contributed by atoms with van der Waals surface area (Å²) in [6.07, 6.45) is 2.39. The van der Waals surface area contributed by atoms with Gasteiger partial charge in [0.05, 0.1) is 0 Å². The van der Waals surface area contributed by atoms with Gasteiger partial charge in [-0.2, -0.15) is 0 Å². The SMILES string of the molecule is CNC(CCN(C)CCCN(C)C)c1ccc(C)cc1. The Kier molecular flexibility index (Phi) is 7.82. The van der Waals surface area contributed by atoms with Crippen LogP contribution in [0.25, 0.3) is 0 Å². The second-order valence-electron chi connectivity index (χ2n) is 6.00. The Labute approximate surface area is 125 Å². The van der Waals surface area contributed by atoms with Crippen molar-refractivity contribution in [1.29, 1.82) is 0 Å². The fraction of sp³-hybridized carbons (Fsp3) is 0.647. The molecule has 1 aromatic rings. The van der Waals surface area contributed by atoms with Gasteiger partial charge in [-0.25, -0.2) is 0 Å². The van der Waals surface area contributed by atoms with Gasteiger partial charge in [0, 0.05) is 6.04 Å². The number of hydrogen-bond donors (Lipinski definition) is 1. The second-order valence-corrected chi connectivity index (χ2v) is 6.00. The van der Waals surface area contributed by atoms with Crippen molar-refractivity contribution in [1.82, 2.24) is 15.1 Å². The van der Waals surface area contributed by atoms with Gasteiger partial charge in [0.1, 0.15) is 0 Å². The van der Waals surface area contributed by atoms with Crippen LogP contribution in [0, 0.1) is 6.92 Å². The minimum absolute atomic E-state index is 0.451. The number of aryl methyl sites for hydroxylation is 1. The Bertz CT molecular complexity index is 359. The summed E-state index contributed by atoms with van der Waals surface area (Å²) >= 11 is 0. The number of nitrogens with zero attached hydrogens (tertiary/aromatic N) is 2. The number of benzene rings is 1. The van der Waals surface area contributed by atoms with Crippen molar-refractivity contribution in [3.05, 3.63) is 35.4 Å². The molecule has 1 aromatic carbocycles. The highest BCUT2D eigenvalue weighted by Crippen LogP contribution is 2.17. The van der Waals surface area contributed by atoms with E-state index in [4.69, 9.17) is 0 Å². The highest BCUT2D eigenvalue weighted by molar-refractivity contribution is 5.24. The van der Waals surface area contributed by atoms with Crippen LogP contribution >= 0.6 is 0 Å². The van der Waals surface area contributed by atoms with Crippen LogP contribution < -0.4 is 5.32 Å². The summed E-state index contributed by atoms with van der Waals surface area (Å²) in [6.45, 7) is 5.60. The normalized spacial score (nSPS) is 13.2. The van der Waals surface area contributed by atoms with Gasteiger partial charge in [-0.15, -0.1) is 0 Å². The van der Waals surface area contributed by atoms with E-state index in [1.165, 1.54) is 24.1 Å². The lowest BCUT2D eigenvalue weighted by Gasteiger charge is -2.22. The molecule has 20 heavy (non-hydrogen) atoms. The monoisotopic (exact) mass is 277 g/mol. The smallest absolute Gasteiger partial charge is 0.0329 e. The highest BCUT2D eigenvalue weighted by atomic mass is 15.1. The van der Waals surface area contributed by atoms with Crippen molar-refractivity contribution in [2.75, 3.05) is 47.8 Å². The molecule has 1 N–H and O–H groups in total. The fourth-order valence-corrected chi connectivity index (χ4v) is 2.39. The fourth-order valence-electron chi connectivity index (χ4n) is 2.39. The zero-order chi connectivity index (χ0) is 15.0. The molecule has 0 radical (unpaired) electrons. The molecule has 0 bridgehead atoms. The molecule has 0 aromatic heterocycles. The second kappa shape index (κ2) is 9.11. The van der Waals surface area contributed by atoms with Crippen molar-refractivity contribution in [2.45, 2.75) is 25.8 Å². The van der Waals surface area contributed by atoms with E-state index in [-0.39, 0.29) is 0 Å². The molecule has 1 unspecified atom stereocenters. The van der Waals surface area contributed by atoms with E-state index in [0.29, 0.717) is 6.04 Å². The third-order valence-corrected chi connectivity index (χ3v) is 3.77. The molecule has 1 atom stereocenters. The van der Waals surface area contributed by atoms with Gasteiger partial charge >= 0.3 is 0 Å². The van der Waals surface area contributed by atoms with Gasteiger partial charge in [0.2, 0.25) is 0 Å². The van der Waals surface area contributed by atoms with E-state index in [0.717, 1.165) is 19.5 Å². The molecule has 114 valence electrons. The molecule has 0 aliphatic heterocycles. The maximum atomic E-state index is 3.43. The Morgan fingerprint density at radius 2 is 1.65 bits per heavy atom. The first-order valence-electron chi connectivity index (χ1n) is 7.60. The molecule has 0 aliphatic carbocycles. The highest BCUT2D eigenvalue weighted by Gasteiger charge is 2.10. The topological polar surface area (TPSA) is 18.5 Å². The number of hydrogen-bond acceptors (Lipinski definition) is 3. The van der Waals surface area contributed by atoms with Gasteiger partial charge in [-0.3, -0.25) is 0 Å². The number of rotatable bonds is 9. The molecule has 0 fully saturated rings. The van der Waals surface area contributed by atoms with Crippen molar-refractivity contribution in [3.63, 3.8) is 0 Å². The minimum Gasteiger partial charge on any atom is -0.313 e. The summed E-state index contributed by atoms with van der Waals surface area (Å²) in [4.78, 5) is 4.68. The standard InChI is InChI=1S/C17H31N3/c1-15-7-9-16(10-8-15)17(18-2)11-14-20(5)13-6-12-19(3)4/h7-10,17-18H,6,11-14H2,1-5H3. The summed E-state index contributed by atoms with van der Waals surface area (Å²) in [5.41, 5.74) is 2.71. The van der Waals surface area contributed by atoms with E-state index < -0.39 is 0 Å². The summed E-state index contributed by atoms with van der Waals surface area (Å²) in [5, 5.41) is 3.43. The van der Waals surface area contributed by atoms with Crippen LogP contribution in [0.4, 0.5) is 0 Å². The average molecular weight is 277 g/mol. The zero-order valence-corrected chi connectivity index (χ0v) is 13.8. The van der Waals surface area contributed by atoms with Crippen molar-refractivity contribution < 1.29 is 0 Å². The summed E-state index contributed by atoms with van der Waals surface area (Å²) in [7, 11) is 8.54. The van der Waals surface area contributed by atoms with E-state index in [1.807, 2.05) is 0 Å². The van der Waals surface area contributed by atoms with E-state index >= 15 is 0 Å². The summed E-state index contributed by atoms with van der Waals surface area (Å²) in [5.74, 6) is 0. The van der Waals surface area contributed by atoms with Gasteiger partial charge in [-0.1, -0.05) is 29.8 Å². The van der Waals surface area contributed by atoms with Gasteiger partial charge in [0.25, 0.3) is 0 Å². The lowest BCUT2D eigenvalue weighted by atomic mass is 10.0. The first-order chi connectivity index (χ1) is 9.52. The van der Waals surface area contributed by atoms with Crippen LogP contribution in [0.5, 0.6) is 0 Å². The van der Waals surface area contributed by atoms with E-state index in [9.17, 15) is 0 Å². The van der Waals surface area contributed by atoms with Crippen molar-refractivity contribution in [3.8, 4) is 0 Å². The lowest BCUT2D eigenvalue weighted by Crippen LogP contribution is -2.28. The lowest BCUT2D eigenvalue weighted by molar-refractivity contribution is 0.286. The number of nitrogens with one attached hydrogen (secondary N) is 1.